The Morgan fingerprint density at radius 2 is 2.06 bits per heavy atom. The van der Waals surface area contributed by atoms with Crippen LogP contribution in [0, 0.1) is 10.8 Å². The first-order valence-corrected chi connectivity index (χ1v) is 6.91. The van der Waals surface area contributed by atoms with Crippen molar-refractivity contribution in [2.24, 2.45) is 10.8 Å². The molecule has 2 aliphatic rings. The Labute approximate surface area is 104 Å². The van der Waals surface area contributed by atoms with Crippen LogP contribution in [0.2, 0.25) is 0 Å². The number of hydrogen-bond acceptors (Lipinski definition) is 2. The van der Waals surface area contributed by atoms with Crippen LogP contribution in [-0.4, -0.2) is 35.1 Å². The third-order valence-electron chi connectivity index (χ3n) is 5.16. The van der Waals surface area contributed by atoms with E-state index in [-0.39, 0.29) is 0 Å². The standard InChI is InChI=1S/C14H25NO2/c1-4-5-14(12(16)17)8-9-15(10-14)11(2)13(3)6-7-13/h11H,4-10H2,1-3H3,(H,16,17). The quantitative estimate of drug-likeness (QED) is 0.802. The summed E-state index contributed by atoms with van der Waals surface area (Å²) in [6, 6.07) is 0.542. The van der Waals surface area contributed by atoms with Crippen molar-refractivity contribution in [3.63, 3.8) is 0 Å². The Hall–Kier alpha value is -0.570. The molecule has 0 bridgehead atoms. The van der Waals surface area contributed by atoms with Crippen LogP contribution in [0.25, 0.3) is 0 Å². The summed E-state index contributed by atoms with van der Waals surface area (Å²) in [5.74, 6) is -0.588. The third-order valence-corrected chi connectivity index (χ3v) is 5.16. The first kappa shape index (κ1) is 12.9. The van der Waals surface area contributed by atoms with Gasteiger partial charge < -0.3 is 5.11 Å². The third kappa shape index (κ3) is 2.22. The molecule has 0 spiro atoms. The number of carboxylic acids is 1. The summed E-state index contributed by atoms with van der Waals surface area (Å²) in [5, 5.41) is 9.49. The van der Waals surface area contributed by atoms with Crippen molar-refractivity contribution < 1.29 is 9.90 Å². The number of hydrogen-bond donors (Lipinski definition) is 1. The van der Waals surface area contributed by atoms with E-state index in [2.05, 4.69) is 25.7 Å². The second-order valence-electron chi connectivity index (χ2n) is 6.39. The average Bonchev–Trinajstić information content (AvgIpc) is 2.88. The molecule has 2 rings (SSSR count). The second kappa shape index (κ2) is 4.27. The summed E-state index contributed by atoms with van der Waals surface area (Å²) in [7, 11) is 0. The summed E-state index contributed by atoms with van der Waals surface area (Å²) in [6.07, 6.45) is 5.22. The number of nitrogens with zero attached hydrogens (tertiary/aromatic N) is 1. The van der Waals surface area contributed by atoms with Crippen LogP contribution in [0.3, 0.4) is 0 Å². The highest BCUT2D eigenvalue weighted by Gasteiger charge is 2.51. The molecule has 1 aliphatic carbocycles. The number of carboxylic acid groups (broad SMARTS) is 1. The van der Waals surface area contributed by atoms with Crippen LogP contribution in [-0.2, 0) is 4.79 Å². The van der Waals surface area contributed by atoms with E-state index in [9.17, 15) is 9.90 Å². The molecule has 2 unspecified atom stereocenters. The predicted octanol–water partition coefficient (Wildman–Crippen LogP) is 2.75. The van der Waals surface area contributed by atoms with Gasteiger partial charge in [0.1, 0.15) is 0 Å². The van der Waals surface area contributed by atoms with Crippen molar-refractivity contribution >= 4 is 5.97 Å². The molecule has 17 heavy (non-hydrogen) atoms. The van der Waals surface area contributed by atoms with Gasteiger partial charge in [-0.3, -0.25) is 9.69 Å². The Kier molecular flexibility index (Phi) is 3.23. The largest absolute Gasteiger partial charge is 0.481 e. The molecule has 1 aliphatic heterocycles. The Morgan fingerprint density at radius 3 is 2.53 bits per heavy atom. The smallest absolute Gasteiger partial charge is 0.310 e. The molecule has 2 atom stereocenters. The average molecular weight is 239 g/mol. The molecule has 98 valence electrons. The molecular weight excluding hydrogens is 214 g/mol. The fraction of sp³-hybridized carbons (Fsp3) is 0.929. The molecule has 1 heterocycles. The first-order valence-electron chi connectivity index (χ1n) is 6.91. The van der Waals surface area contributed by atoms with Crippen molar-refractivity contribution in [3.8, 4) is 0 Å². The van der Waals surface area contributed by atoms with Gasteiger partial charge in [0.2, 0.25) is 0 Å². The van der Waals surface area contributed by atoms with Crippen LogP contribution in [0.1, 0.15) is 52.9 Å². The fourth-order valence-electron chi connectivity index (χ4n) is 3.25. The molecule has 0 aromatic rings. The zero-order valence-electron chi connectivity index (χ0n) is 11.3. The molecule has 1 saturated heterocycles. The first-order chi connectivity index (χ1) is 7.93. The molecule has 0 radical (unpaired) electrons. The van der Waals surface area contributed by atoms with Gasteiger partial charge in [0.25, 0.3) is 0 Å². The van der Waals surface area contributed by atoms with Gasteiger partial charge >= 0.3 is 5.97 Å². The second-order valence-corrected chi connectivity index (χ2v) is 6.39. The lowest BCUT2D eigenvalue weighted by atomic mass is 9.82. The zero-order valence-corrected chi connectivity index (χ0v) is 11.3. The number of likely N-dealkylation sites (tertiary alicyclic amines) is 1. The molecule has 1 N–H and O–H groups in total. The summed E-state index contributed by atoms with van der Waals surface area (Å²) < 4.78 is 0. The molecule has 1 saturated carbocycles. The zero-order chi connectivity index (χ0) is 12.7. The molecule has 0 amide bonds. The van der Waals surface area contributed by atoms with Gasteiger partial charge in [-0.2, -0.15) is 0 Å². The van der Waals surface area contributed by atoms with Crippen LogP contribution in [0.15, 0.2) is 0 Å². The van der Waals surface area contributed by atoms with Crippen molar-refractivity contribution in [3.05, 3.63) is 0 Å². The lowest BCUT2D eigenvalue weighted by Gasteiger charge is -2.31. The Balaban J connectivity index is 2.04. The minimum absolute atomic E-state index is 0.459. The molecular formula is C14H25NO2. The van der Waals surface area contributed by atoms with Crippen LogP contribution in [0.4, 0.5) is 0 Å². The SMILES string of the molecule is CCCC1(C(=O)O)CCN(C(C)C2(C)CC2)C1. The fourth-order valence-corrected chi connectivity index (χ4v) is 3.25. The van der Waals surface area contributed by atoms with Crippen molar-refractivity contribution in [2.75, 3.05) is 13.1 Å². The van der Waals surface area contributed by atoms with E-state index in [4.69, 9.17) is 0 Å². The van der Waals surface area contributed by atoms with E-state index in [0.717, 1.165) is 32.4 Å². The maximum atomic E-state index is 11.5. The highest BCUT2D eigenvalue weighted by molar-refractivity contribution is 5.75. The monoisotopic (exact) mass is 239 g/mol. The molecule has 3 nitrogen and oxygen atoms in total. The highest BCUT2D eigenvalue weighted by Crippen LogP contribution is 2.51. The molecule has 2 fully saturated rings. The highest BCUT2D eigenvalue weighted by atomic mass is 16.4. The van der Waals surface area contributed by atoms with Crippen LogP contribution < -0.4 is 0 Å². The Bertz CT molecular complexity index is 311. The summed E-state index contributed by atoms with van der Waals surface area (Å²) in [6.45, 7) is 8.41. The van der Waals surface area contributed by atoms with Crippen molar-refractivity contribution in [1.29, 1.82) is 0 Å². The van der Waals surface area contributed by atoms with Crippen LogP contribution in [0.5, 0.6) is 0 Å². The summed E-state index contributed by atoms with van der Waals surface area (Å²) >= 11 is 0. The van der Waals surface area contributed by atoms with E-state index in [1.807, 2.05) is 0 Å². The molecule has 0 aromatic heterocycles. The minimum atomic E-state index is -0.588. The van der Waals surface area contributed by atoms with Gasteiger partial charge in [0.05, 0.1) is 5.41 Å². The van der Waals surface area contributed by atoms with Crippen molar-refractivity contribution in [2.45, 2.75) is 58.9 Å². The summed E-state index contributed by atoms with van der Waals surface area (Å²) in [5.41, 5.74) is -0.00490. The minimum Gasteiger partial charge on any atom is -0.481 e. The van der Waals surface area contributed by atoms with E-state index in [0.29, 0.717) is 11.5 Å². The maximum absolute atomic E-state index is 11.5. The normalized spacial score (nSPS) is 33.6. The molecule has 3 heteroatoms. The Morgan fingerprint density at radius 1 is 1.41 bits per heavy atom. The topological polar surface area (TPSA) is 40.5 Å². The van der Waals surface area contributed by atoms with Gasteiger partial charge in [-0.1, -0.05) is 20.3 Å². The van der Waals surface area contributed by atoms with Crippen molar-refractivity contribution in [1.82, 2.24) is 4.90 Å². The van der Waals surface area contributed by atoms with E-state index in [1.165, 1.54) is 12.8 Å². The van der Waals surface area contributed by atoms with Gasteiger partial charge in [0.15, 0.2) is 0 Å². The summed E-state index contributed by atoms with van der Waals surface area (Å²) in [4.78, 5) is 13.9. The van der Waals surface area contributed by atoms with E-state index >= 15 is 0 Å². The van der Waals surface area contributed by atoms with Gasteiger partial charge in [-0.05, 0) is 44.6 Å². The van der Waals surface area contributed by atoms with Gasteiger partial charge in [-0.15, -0.1) is 0 Å². The number of carbonyl (C=O) groups is 1. The lowest BCUT2D eigenvalue weighted by molar-refractivity contribution is -0.148. The van der Waals surface area contributed by atoms with Gasteiger partial charge in [0, 0.05) is 12.6 Å². The van der Waals surface area contributed by atoms with Crippen LogP contribution >= 0.6 is 0 Å². The number of aliphatic carboxylic acids is 1. The maximum Gasteiger partial charge on any atom is 0.310 e. The number of rotatable bonds is 5. The van der Waals surface area contributed by atoms with Gasteiger partial charge in [-0.25, -0.2) is 0 Å². The predicted molar refractivity (Wildman–Crippen MR) is 68.0 cm³/mol. The van der Waals surface area contributed by atoms with E-state index < -0.39 is 11.4 Å². The van der Waals surface area contributed by atoms with E-state index in [1.54, 1.807) is 0 Å². The lowest BCUT2D eigenvalue weighted by Crippen LogP contribution is -2.41. The molecule has 0 aromatic carbocycles.